The summed E-state index contributed by atoms with van der Waals surface area (Å²) >= 11 is 0. The van der Waals surface area contributed by atoms with Gasteiger partial charge in [-0.2, -0.15) is 8.42 Å². The lowest BCUT2D eigenvalue weighted by atomic mass is 9.89. The van der Waals surface area contributed by atoms with Crippen LogP contribution in [0, 0.1) is 5.92 Å². The van der Waals surface area contributed by atoms with Gasteiger partial charge in [0.1, 0.15) is 0 Å². The molecule has 1 saturated heterocycles. The number of unbranched alkanes of at least 4 members (excludes halogenated alkanes) is 1. The zero-order chi connectivity index (χ0) is 16.1. The molecule has 1 aliphatic rings. The Balaban J connectivity index is 2.64. The van der Waals surface area contributed by atoms with Crippen LogP contribution in [0.2, 0.25) is 0 Å². The first-order valence-electron chi connectivity index (χ1n) is 7.40. The predicted octanol–water partition coefficient (Wildman–Crippen LogP) is 2.17. The Morgan fingerprint density at radius 3 is 2.52 bits per heavy atom. The number of carbonyl (C=O) groups is 2. The number of aldehydes is 1. The summed E-state index contributed by atoms with van der Waals surface area (Å²) in [4.78, 5) is 23.2. The molecule has 21 heavy (non-hydrogen) atoms. The van der Waals surface area contributed by atoms with Gasteiger partial charge in [0, 0.05) is 6.42 Å². The van der Waals surface area contributed by atoms with Gasteiger partial charge in [-0.1, -0.05) is 39.5 Å². The topological polar surface area (TPSA) is 86.7 Å². The molecule has 1 fully saturated rings. The van der Waals surface area contributed by atoms with E-state index in [1.165, 1.54) is 6.92 Å². The zero-order valence-corrected chi connectivity index (χ0v) is 13.6. The van der Waals surface area contributed by atoms with Gasteiger partial charge in [0.15, 0.2) is 23.8 Å². The molecule has 0 aromatic rings. The molecule has 122 valence electrons. The zero-order valence-electron chi connectivity index (χ0n) is 12.8. The minimum Gasteiger partial charge on any atom is -0.300 e. The van der Waals surface area contributed by atoms with Gasteiger partial charge in [-0.05, 0) is 19.3 Å². The second kappa shape index (κ2) is 7.47. The largest absolute Gasteiger partial charge is 0.401 e. The summed E-state index contributed by atoms with van der Waals surface area (Å²) < 4.78 is 31.8. The first-order valence-corrected chi connectivity index (χ1v) is 8.74. The number of hydrogen-bond acceptors (Lipinski definition) is 6. The maximum Gasteiger partial charge on any atom is 0.401 e. The molecule has 0 spiro atoms. The van der Waals surface area contributed by atoms with Gasteiger partial charge in [0.2, 0.25) is 0 Å². The summed E-state index contributed by atoms with van der Waals surface area (Å²) in [6, 6.07) is 0. The molecular formula is C14H24O6S. The van der Waals surface area contributed by atoms with Gasteiger partial charge in [-0.25, -0.2) is 8.37 Å². The Morgan fingerprint density at radius 2 is 2.00 bits per heavy atom. The third-order valence-corrected chi connectivity index (χ3v) is 4.88. The van der Waals surface area contributed by atoms with E-state index >= 15 is 0 Å². The van der Waals surface area contributed by atoms with Crippen molar-refractivity contribution < 1.29 is 26.4 Å². The standard InChI is InChI=1S/C14H24O6S/c1-4-6-7-11(5-2)8-9-12(16)13-14(3,10-15)20-21(17,18)19-13/h10-11,13H,4-9H2,1-3H3. The monoisotopic (exact) mass is 320 g/mol. The lowest BCUT2D eigenvalue weighted by Crippen LogP contribution is -2.43. The minimum atomic E-state index is -4.27. The van der Waals surface area contributed by atoms with Crippen molar-refractivity contribution >= 4 is 22.5 Å². The van der Waals surface area contributed by atoms with Crippen molar-refractivity contribution in [3.05, 3.63) is 0 Å². The molecule has 0 aliphatic carbocycles. The van der Waals surface area contributed by atoms with Gasteiger partial charge >= 0.3 is 10.4 Å². The molecular weight excluding hydrogens is 296 g/mol. The fraction of sp³-hybridized carbons (Fsp3) is 0.857. The summed E-state index contributed by atoms with van der Waals surface area (Å²) in [5.74, 6) is 0.0240. The highest BCUT2D eigenvalue weighted by molar-refractivity contribution is 7.82. The maximum atomic E-state index is 12.2. The summed E-state index contributed by atoms with van der Waals surface area (Å²) in [7, 11) is -4.27. The van der Waals surface area contributed by atoms with Crippen molar-refractivity contribution in [2.24, 2.45) is 5.92 Å². The molecule has 0 saturated carbocycles. The fourth-order valence-electron chi connectivity index (χ4n) is 2.47. The van der Waals surface area contributed by atoms with Crippen molar-refractivity contribution in [1.29, 1.82) is 0 Å². The lowest BCUT2D eigenvalue weighted by molar-refractivity contribution is -0.136. The number of carbonyl (C=O) groups excluding carboxylic acids is 2. The molecule has 0 amide bonds. The number of rotatable bonds is 9. The molecule has 3 atom stereocenters. The molecule has 1 aliphatic heterocycles. The Morgan fingerprint density at radius 1 is 1.33 bits per heavy atom. The summed E-state index contributed by atoms with van der Waals surface area (Å²) in [6.07, 6.45) is 4.03. The Bertz CT molecular complexity index is 472. The number of hydrogen-bond donors (Lipinski definition) is 0. The summed E-state index contributed by atoms with van der Waals surface area (Å²) in [5.41, 5.74) is -1.75. The van der Waals surface area contributed by atoms with Crippen LogP contribution < -0.4 is 0 Å². The normalized spacial score (nSPS) is 29.2. The van der Waals surface area contributed by atoms with E-state index < -0.39 is 27.9 Å². The first kappa shape index (κ1) is 18.3. The van der Waals surface area contributed by atoms with E-state index in [2.05, 4.69) is 22.2 Å². The van der Waals surface area contributed by atoms with Crippen molar-refractivity contribution in [2.45, 2.75) is 71.0 Å². The highest BCUT2D eigenvalue weighted by atomic mass is 32.3. The summed E-state index contributed by atoms with van der Waals surface area (Å²) in [5, 5.41) is 0. The van der Waals surface area contributed by atoms with E-state index in [0.717, 1.165) is 25.7 Å². The number of ketones is 1. The number of Topliss-reactive ketones (excluding diaryl/α,β-unsaturated/α-hetero) is 1. The second-order valence-electron chi connectivity index (χ2n) is 5.69. The van der Waals surface area contributed by atoms with Crippen molar-refractivity contribution in [1.82, 2.24) is 0 Å². The van der Waals surface area contributed by atoms with Crippen LogP contribution in [0.5, 0.6) is 0 Å². The Kier molecular flexibility index (Phi) is 6.49. The van der Waals surface area contributed by atoms with E-state index in [1.54, 1.807) is 0 Å². The van der Waals surface area contributed by atoms with E-state index in [0.29, 0.717) is 18.6 Å². The Hall–Kier alpha value is -0.790. The minimum absolute atomic E-state index is 0.190. The molecule has 6 nitrogen and oxygen atoms in total. The van der Waals surface area contributed by atoms with Gasteiger partial charge in [0.05, 0.1) is 0 Å². The van der Waals surface area contributed by atoms with E-state index in [-0.39, 0.29) is 6.42 Å². The molecule has 0 radical (unpaired) electrons. The van der Waals surface area contributed by atoms with Crippen molar-refractivity contribution in [3.63, 3.8) is 0 Å². The smallest absolute Gasteiger partial charge is 0.300 e. The quantitative estimate of drug-likeness (QED) is 0.605. The Labute approximate surface area is 126 Å². The van der Waals surface area contributed by atoms with Crippen molar-refractivity contribution in [2.75, 3.05) is 0 Å². The average molecular weight is 320 g/mol. The van der Waals surface area contributed by atoms with Crippen LogP contribution in [-0.2, 0) is 28.4 Å². The molecule has 7 heteroatoms. The van der Waals surface area contributed by atoms with Gasteiger partial charge in [0.25, 0.3) is 0 Å². The molecule has 0 aromatic heterocycles. The molecule has 0 bridgehead atoms. The lowest BCUT2D eigenvalue weighted by Gasteiger charge is -2.19. The van der Waals surface area contributed by atoms with Crippen LogP contribution in [0.1, 0.15) is 59.3 Å². The third kappa shape index (κ3) is 4.86. The fourth-order valence-corrected chi connectivity index (χ4v) is 3.61. The van der Waals surface area contributed by atoms with Crippen LogP contribution in [0.15, 0.2) is 0 Å². The van der Waals surface area contributed by atoms with Crippen LogP contribution in [0.3, 0.4) is 0 Å². The van der Waals surface area contributed by atoms with E-state index in [4.69, 9.17) is 0 Å². The van der Waals surface area contributed by atoms with Crippen molar-refractivity contribution in [3.8, 4) is 0 Å². The van der Waals surface area contributed by atoms with Gasteiger partial charge < -0.3 is 0 Å². The highest BCUT2D eigenvalue weighted by Crippen LogP contribution is 2.31. The van der Waals surface area contributed by atoms with Crippen LogP contribution in [0.25, 0.3) is 0 Å². The predicted molar refractivity (Wildman–Crippen MR) is 76.9 cm³/mol. The molecule has 0 aromatic carbocycles. The SMILES string of the molecule is CCCCC(CC)CCC(=O)C1OS(=O)(=O)OC1(C)C=O. The molecule has 3 unspecified atom stereocenters. The maximum absolute atomic E-state index is 12.2. The van der Waals surface area contributed by atoms with Crippen LogP contribution >= 0.6 is 0 Å². The van der Waals surface area contributed by atoms with Crippen LogP contribution in [-0.4, -0.2) is 32.2 Å². The van der Waals surface area contributed by atoms with Gasteiger partial charge in [-0.15, -0.1) is 0 Å². The highest BCUT2D eigenvalue weighted by Gasteiger charge is 2.53. The molecule has 1 heterocycles. The molecule has 0 N–H and O–H groups in total. The van der Waals surface area contributed by atoms with Gasteiger partial charge in [-0.3, -0.25) is 9.59 Å². The third-order valence-electron chi connectivity index (χ3n) is 3.88. The van der Waals surface area contributed by atoms with E-state index in [9.17, 15) is 18.0 Å². The van der Waals surface area contributed by atoms with E-state index in [1.807, 2.05) is 0 Å². The van der Waals surface area contributed by atoms with Crippen LogP contribution in [0.4, 0.5) is 0 Å². The average Bonchev–Trinajstić information content (AvgIpc) is 2.69. The second-order valence-corrected chi connectivity index (χ2v) is 6.87. The molecule has 1 rings (SSSR count). The first-order chi connectivity index (χ1) is 9.78. The summed E-state index contributed by atoms with van der Waals surface area (Å²) in [6.45, 7) is 5.43.